The van der Waals surface area contributed by atoms with Crippen LogP contribution in [0.5, 0.6) is 5.75 Å². The molecule has 0 radical (unpaired) electrons. The van der Waals surface area contributed by atoms with E-state index in [0.717, 1.165) is 25.9 Å². The Kier molecular flexibility index (Phi) is 4.81. The fourth-order valence-corrected chi connectivity index (χ4v) is 3.12. The van der Waals surface area contributed by atoms with E-state index in [1.54, 1.807) is 24.3 Å². The van der Waals surface area contributed by atoms with Crippen LogP contribution in [0.3, 0.4) is 0 Å². The van der Waals surface area contributed by atoms with Gasteiger partial charge in [0.25, 0.3) is 5.91 Å². The molecule has 0 bridgehead atoms. The largest absolute Gasteiger partial charge is 0.491 e. The normalized spacial score (nSPS) is 23.9. The predicted octanol–water partition coefficient (Wildman–Crippen LogP) is 1.93. The first-order valence-electron chi connectivity index (χ1n) is 8.03. The summed E-state index contributed by atoms with van der Waals surface area (Å²) in [6.45, 7) is 1.73. The number of amides is 1. The Bertz CT molecular complexity index is 582. The van der Waals surface area contributed by atoms with Gasteiger partial charge in [-0.3, -0.25) is 4.79 Å². The van der Waals surface area contributed by atoms with Crippen molar-refractivity contribution in [3.63, 3.8) is 0 Å². The van der Waals surface area contributed by atoms with Gasteiger partial charge in [0.15, 0.2) is 0 Å². The summed E-state index contributed by atoms with van der Waals surface area (Å²) in [5.41, 5.74) is 0.461. The van der Waals surface area contributed by atoms with E-state index in [2.05, 4.69) is 0 Å². The molecule has 0 aromatic heterocycles. The summed E-state index contributed by atoms with van der Waals surface area (Å²) in [6, 6.07) is 6.19. The zero-order valence-corrected chi connectivity index (χ0v) is 12.9. The van der Waals surface area contributed by atoms with Gasteiger partial charge in [-0.05, 0) is 43.9 Å². The van der Waals surface area contributed by atoms with Gasteiger partial charge < -0.3 is 19.5 Å². The van der Waals surface area contributed by atoms with E-state index in [4.69, 9.17) is 9.47 Å². The number of carboxylic acid groups (broad SMARTS) is 1. The van der Waals surface area contributed by atoms with Crippen LogP contribution in [0.25, 0.3) is 0 Å². The summed E-state index contributed by atoms with van der Waals surface area (Å²) in [5, 5.41) is 9.21. The predicted molar refractivity (Wildman–Crippen MR) is 82.6 cm³/mol. The average molecular weight is 319 g/mol. The topological polar surface area (TPSA) is 76.1 Å². The SMILES string of the molecule is O=C(O)[C@H]1CCCN1C(=O)c1cccc(OC[C@H]2CCCO2)c1. The molecule has 0 spiro atoms. The molecule has 2 aliphatic rings. The Balaban J connectivity index is 1.66. The van der Waals surface area contributed by atoms with Gasteiger partial charge in [0, 0.05) is 18.7 Å². The number of rotatable bonds is 5. The molecule has 3 rings (SSSR count). The van der Waals surface area contributed by atoms with Crippen LogP contribution in [0.4, 0.5) is 0 Å². The Morgan fingerprint density at radius 2 is 2.17 bits per heavy atom. The molecular weight excluding hydrogens is 298 g/mol. The lowest BCUT2D eigenvalue weighted by molar-refractivity contribution is -0.141. The smallest absolute Gasteiger partial charge is 0.326 e. The van der Waals surface area contributed by atoms with E-state index < -0.39 is 12.0 Å². The van der Waals surface area contributed by atoms with Gasteiger partial charge >= 0.3 is 5.97 Å². The monoisotopic (exact) mass is 319 g/mol. The molecule has 2 atom stereocenters. The molecule has 6 heteroatoms. The van der Waals surface area contributed by atoms with Crippen LogP contribution in [-0.4, -0.2) is 53.8 Å². The molecule has 1 aromatic carbocycles. The lowest BCUT2D eigenvalue weighted by Gasteiger charge is -2.21. The zero-order chi connectivity index (χ0) is 16.2. The van der Waals surface area contributed by atoms with E-state index in [9.17, 15) is 14.7 Å². The van der Waals surface area contributed by atoms with Gasteiger partial charge in [-0.15, -0.1) is 0 Å². The molecule has 1 aromatic rings. The van der Waals surface area contributed by atoms with Crippen LogP contribution in [-0.2, 0) is 9.53 Å². The van der Waals surface area contributed by atoms with Gasteiger partial charge in [0.1, 0.15) is 18.4 Å². The minimum Gasteiger partial charge on any atom is -0.491 e. The van der Waals surface area contributed by atoms with Crippen molar-refractivity contribution in [1.82, 2.24) is 4.90 Å². The van der Waals surface area contributed by atoms with Crippen molar-refractivity contribution in [2.24, 2.45) is 0 Å². The molecule has 23 heavy (non-hydrogen) atoms. The van der Waals surface area contributed by atoms with Gasteiger partial charge in [-0.2, -0.15) is 0 Å². The first-order valence-corrected chi connectivity index (χ1v) is 8.03. The molecule has 2 fully saturated rings. The number of hydrogen-bond donors (Lipinski definition) is 1. The molecular formula is C17H21NO5. The Morgan fingerprint density at radius 3 is 2.91 bits per heavy atom. The third-order valence-corrected chi connectivity index (χ3v) is 4.34. The molecule has 2 heterocycles. The van der Waals surface area contributed by atoms with Gasteiger partial charge in [0.05, 0.1) is 6.10 Å². The highest BCUT2D eigenvalue weighted by atomic mass is 16.5. The Hall–Kier alpha value is -2.08. The average Bonchev–Trinajstić information content (AvgIpc) is 3.23. The second-order valence-corrected chi connectivity index (χ2v) is 5.97. The highest BCUT2D eigenvalue weighted by molar-refractivity contribution is 5.97. The molecule has 2 aliphatic heterocycles. The number of benzene rings is 1. The van der Waals surface area contributed by atoms with E-state index in [0.29, 0.717) is 30.9 Å². The maximum atomic E-state index is 12.6. The third-order valence-electron chi connectivity index (χ3n) is 4.34. The Labute approximate surface area is 135 Å². The number of hydrogen-bond acceptors (Lipinski definition) is 4. The van der Waals surface area contributed by atoms with Gasteiger partial charge in [0.2, 0.25) is 0 Å². The maximum Gasteiger partial charge on any atom is 0.326 e. The molecule has 0 saturated carbocycles. The van der Waals surface area contributed by atoms with E-state index in [-0.39, 0.29) is 12.0 Å². The fourth-order valence-electron chi connectivity index (χ4n) is 3.12. The minimum absolute atomic E-state index is 0.115. The van der Waals surface area contributed by atoms with E-state index in [1.807, 2.05) is 0 Å². The summed E-state index contributed by atoms with van der Waals surface area (Å²) >= 11 is 0. The van der Waals surface area contributed by atoms with Crippen molar-refractivity contribution in [2.75, 3.05) is 19.8 Å². The van der Waals surface area contributed by atoms with E-state index in [1.165, 1.54) is 4.90 Å². The van der Waals surface area contributed by atoms with Crippen LogP contribution in [0, 0.1) is 0 Å². The second kappa shape index (κ2) is 7.00. The van der Waals surface area contributed by atoms with Crippen molar-refractivity contribution < 1.29 is 24.2 Å². The van der Waals surface area contributed by atoms with Crippen molar-refractivity contribution in [3.8, 4) is 5.75 Å². The summed E-state index contributed by atoms with van der Waals surface area (Å²) in [7, 11) is 0. The standard InChI is InChI=1S/C17H21NO5/c19-16(18-8-2-7-15(18)17(20)21)12-4-1-5-13(10-12)23-11-14-6-3-9-22-14/h1,4-5,10,14-15H,2-3,6-9,11H2,(H,20,21)/t14-,15-/m1/s1. The second-order valence-electron chi connectivity index (χ2n) is 5.97. The highest BCUT2D eigenvalue weighted by Crippen LogP contribution is 2.23. The summed E-state index contributed by atoms with van der Waals surface area (Å²) in [5.74, 6) is -0.587. The van der Waals surface area contributed by atoms with Crippen LogP contribution in [0.15, 0.2) is 24.3 Å². The first kappa shape index (κ1) is 15.8. The molecule has 6 nitrogen and oxygen atoms in total. The minimum atomic E-state index is -0.943. The molecule has 2 saturated heterocycles. The lowest BCUT2D eigenvalue weighted by Crippen LogP contribution is -2.40. The quantitative estimate of drug-likeness (QED) is 0.897. The van der Waals surface area contributed by atoms with Crippen LogP contribution < -0.4 is 4.74 Å². The third kappa shape index (κ3) is 3.64. The zero-order valence-electron chi connectivity index (χ0n) is 12.9. The number of aliphatic carboxylic acids is 1. The van der Waals surface area contributed by atoms with Crippen molar-refractivity contribution in [3.05, 3.63) is 29.8 Å². The number of carboxylic acids is 1. The lowest BCUT2D eigenvalue weighted by atomic mass is 10.1. The maximum absolute atomic E-state index is 12.6. The number of carbonyl (C=O) groups excluding carboxylic acids is 1. The molecule has 1 amide bonds. The number of ether oxygens (including phenoxy) is 2. The number of nitrogens with zero attached hydrogens (tertiary/aromatic N) is 1. The fraction of sp³-hybridized carbons (Fsp3) is 0.529. The van der Waals surface area contributed by atoms with Crippen LogP contribution >= 0.6 is 0 Å². The van der Waals surface area contributed by atoms with Gasteiger partial charge in [-0.1, -0.05) is 6.07 Å². The number of likely N-dealkylation sites (tertiary alicyclic amines) is 1. The van der Waals surface area contributed by atoms with Gasteiger partial charge in [-0.25, -0.2) is 4.79 Å². The summed E-state index contributed by atoms with van der Waals surface area (Å²) in [6.07, 6.45) is 3.39. The van der Waals surface area contributed by atoms with E-state index >= 15 is 0 Å². The van der Waals surface area contributed by atoms with Crippen molar-refractivity contribution in [2.45, 2.75) is 37.8 Å². The molecule has 0 aliphatic carbocycles. The number of carbonyl (C=O) groups is 2. The molecule has 124 valence electrons. The highest BCUT2D eigenvalue weighted by Gasteiger charge is 2.34. The molecule has 1 N–H and O–H groups in total. The van der Waals surface area contributed by atoms with Crippen molar-refractivity contribution >= 4 is 11.9 Å². The Morgan fingerprint density at radius 1 is 1.30 bits per heavy atom. The summed E-state index contributed by atoms with van der Waals surface area (Å²) in [4.78, 5) is 25.2. The first-order chi connectivity index (χ1) is 11.1. The molecule has 0 unspecified atom stereocenters. The van der Waals surface area contributed by atoms with Crippen LogP contribution in [0.2, 0.25) is 0 Å². The van der Waals surface area contributed by atoms with Crippen LogP contribution in [0.1, 0.15) is 36.0 Å². The summed E-state index contributed by atoms with van der Waals surface area (Å²) < 4.78 is 11.2. The van der Waals surface area contributed by atoms with Crippen molar-refractivity contribution in [1.29, 1.82) is 0 Å².